The van der Waals surface area contributed by atoms with Gasteiger partial charge in [0.15, 0.2) is 0 Å². The van der Waals surface area contributed by atoms with Crippen molar-refractivity contribution in [2.75, 3.05) is 11.4 Å². The summed E-state index contributed by atoms with van der Waals surface area (Å²) in [5.41, 5.74) is 2.10. The molecule has 2 heterocycles. The monoisotopic (exact) mass is 328 g/mol. The number of anilines is 1. The van der Waals surface area contributed by atoms with Crippen LogP contribution in [0.15, 0.2) is 6.07 Å². The third kappa shape index (κ3) is 2.49. The van der Waals surface area contributed by atoms with E-state index in [9.17, 15) is 4.79 Å². The molecular weight excluding hydrogens is 300 g/mol. The number of piperidine rings is 1. The fraction of sp³-hybridized carbons (Fsp3) is 0.737. The lowest BCUT2D eigenvalue weighted by Crippen LogP contribution is -2.75. The van der Waals surface area contributed by atoms with Crippen LogP contribution in [0.2, 0.25) is 0 Å². The highest BCUT2D eigenvalue weighted by Crippen LogP contribution is 2.53. The van der Waals surface area contributed by atoms with Gasteiger partial charge in [-0.1, -0.05) is 13.8 Å². The van der Waals surface area contributed by atoms with E-state index >= 15 is 0 Å². The first kappa shape index (κ1) is 15.9. The van der Waals surface area contributed by atoms with Crippen LogP contribution in [0, 0.1) is 31.1 Å². The second-order valence-electron chi connectivity index (χ2n) is 8.48. The fourth-order valence-corrected chi connectivity index (χ4v) is 4.91. The second-order valence-corrected chi connectivity index (χ2v) is 8.48. The van der Waals surface area contributed by atoms with Gasteiger partial charge in [-0.05, 0) is 45.6 Å². The van der Waals surface area contributed by atoms with Crippen molar-refractivity contribution in [2.45, 2.75) is 65.5 Å². The van der Waals surface area contributed by atoms with Gasteiger partial charge in [0.25, 0.3) is 0 Å². The topological polar surface area (TPSA) is 58.1 Å². The Balaban J connectivity index is 1.57. The summed E-state index contributed by atoms with van der Waals surface area (Å²) < 4.78 is 0. The largest absolute Gasteiger partial charge is 0.352 e. The Hall–Kier alpha value is -1.65. The first-order chi connectivity index (χ1) is 11.4. The van der Waals surface area contributed by atoms with E-state index in [4.69, 9.17) is 9.97 Å². The summed E-state index contributed by atoms with van der Waals surface area (Å²) >= 11 is 0. The number of aryl methyl sites for hydroxylation is 2. The number of fused-ring (bicyclic) bond motifs is 1. The maximum atomic E-state index is 12.3. The van der Waals surface area contributed by atoms with Crippen LogP contribution >= 0.6 is 0 Å². The van der Waals surface area contributed by atoms with Crippen LogP contribution in [-0.2, 0) is 4.79 Å². The summed E-state index contributed by atoms with van der Waals surface area (Å²) in [7, 11) is 0. The van der Waals surface area contributed by atoms with Crippen molar-refractivity contribution >= 4 is 11.9 Å². The molecule has 24 heavy (non-hydrogen) atoms. The van der Waals surface area contributed by atoms with Crippen molar-refractivity contribution in [3.63, 3.8) is 0 Å². The molecule has 1 aromatic rings. The smallest absolute Gasteiger partial charge is 0.226 e. The van der Waals surface area contributed by atoms with Crippen LogP contribution in [0.25, 0.3) is 0 Å². The Bertz CT molecular complexity index is 647. The summed E-state index contributed by atoms with van der Waals surface area (Å²) in [5.74, 6) is 1.93. The van der Waals surface area contributed by atoms with Crippen molar-refractivity contribution in [3.8, 4) is 0 Å². The van der Waals surface area contributed by atoms with Crippen molar-refractivity contribution in [3.05, 3.63) is 17.5 Å². The summed E-state index contributed by atoms with van der Waals surface area (Å²) in [6.07, 6.45) is 4.46. The number of nitrogens with one attached hydrogen (secondary N) is 1. The van der Waals surface area contributed by atoms with E-state index in [1.54, 1.807) is 0 Å². The molecule has 4 rings (SSSR count). The lowest BCUT2D eigenvalue weighted by atomic mass is 9.52. The Morgan fingerprint density at radius 3 is 2.50 bits per heavy atom. The zero-order valence-electron chi connectivity index (χ0n) is 15.2. The number of carbonyl (C=O) groups excluding carboxylic acids is 1. The molecule has 0 bridgehead atoms. The molecule has 1 aliphatic heterocycles. The molecule has 2 saturated carbocycles. The normalized spacial score (nSPS) is 31.2. The molecule has 130 valence electrons. The first-order valence-corrected chi connectivity index (χ1v) is 9.27. The van der Waals surface area contributed by atoms with Crippen LogP contribution in [0.5, 0.6) is 0 Å². The molecule has 1 saturated heterocycles. The van der Waals surface area contributed by atoms with Gasteiger partial charge >= 0.3 is 0 Å². The highest BCUT2D eigenvalue weighted by Gasteiger charge is 2.60. The summed E-state index contributed by atoms with van der Waals surface area (Å²) in [4.78, 5) is 24.0. The van der Waals surface area contributed by atoms with Crippen molar-refractivity contribution in [1.82, 2.24) is 15.3 Å². The standard InChI is InChI=1S/C19H28N4O/c1-11-10-12(2)21-18(20-11)23-9-5-6-14-15(19(3,4)16(14)23)22-17(24)13-7-8-13/h10,13-16H,5-9H2,1-4H3,(H,22,24). The summed E-state index contributed by atoms with van der Waals surface area (Å²) in [6, 6.07) is 2.72. The van der Waals surface area contributed by atoms with E-state index in [0.29, 0.717) is 12.0 Å². The molecule has 5 heteroatoms. The zero-order valence-corrected chi connectivity index (χ0v) is 15.2. The number of carbonyl (C=O) groups is 1. The SMILES string of the molecule is Cc1cc(C)nc(N2CCCC3C(NC(=O)C4CC4)C(C)(C)C32)n1. The van der Waals surface area contributed by atoms with Gasteiger partial charge in [0.1, 0.15) is 0 Å². The number of hydrogen-bond donors (Lipinski definition) is 1. The summed E-state index contributed by atoms with van der Waals surface area (Å²) in [6.45, 7) is 9.64. The average Bonchev–Trinajstić information content (AvgIpc) is 3.35. The van der Waals surface area contributed by atoms with Gasteiger partial charge in [-0.2, -0.15) is 0 Å². The maximum absolute atomic E-state index is 12.3. The highest BCUT2D eigenvalue weighted by atomic mass is 16.2. The third-order valence-electron chi connectivity index (χ3n) is 6.14. The quantitative estimate of drug-likeness (QED) is 0.926. The Labute approximate surface area is 144 Å². The molecule has 5 nitrogen and oxygen atoms in total. The Kier molecular flexibility index (Phi) is 3.59. The highest BCUT2D eigenvalue weighted by molar-refractivity contribution is 5.81. The molecule has 0 radical (unpaired) electrons. The first-order valence-electron chi connectivity index (χ1n) is 9.27. The van der Waals surface area contributed by atoms with Crippen molar-refractivity contribution in [1.29, 1.82) is 0 Å². The maximum Gasteiger partial charge on any atom is 0.226 e. The molecule has 3 aliphatic rings. The minimum Gasteiger partial charge on any atom is -0.352 e. The third-order valence-corrected chi connectivity index (χ3v) is 6.14. The van der Waals surface area contributed by atoms with Gasteiger partial charge in [0, 0.05) is 47.3 Å². The van der Waals surface area contributed by atoms with Crippen LogP contribution in [0.3, 0.4) is 0 Å². The van der Waals surface area contributed by atoms with Gasteiger partial charge in [-0.15, -0.1) is 0 Å². The zero-order chi connectivity index (χ0) is 17.1. The molecule has 1 aromatic heterocycles. The van der Waals surface area contributed by atoms with Crippen LogP contribution < -0.4 is 10.2 Å². The molecular formula is C19H28N4O. The molecule has 3 atom stereocenters. The number of aromatic nitrogens is 2. The van der Waals surface area contributed by atoms with Gasteiger partial charge < -0.3 is 10.2 Å². The number of hydrogen-bond acceptors (Lipinski definition) is 4. The lowest BCUT2D eigenvalue weighted by molar-refractivity contribution is -0.128. The minimum atomic E-state index is 0.0522. The number of rotatable bonds is 3. The van der Waals surface area contributed by atoms with Gasteiger partial charge in [-0.25, -0.2) is 9.97 Å². The van der Waals surface area contributed by atoms with E-state index in [-0.39, 0.29) is 23.3 Å². The predicted molar refractivity (Wildman–Crippen MR) is 93.8 cm³/mol. The van der Waals surface area contributed by atoms with Crippen LogP contribution in [0.4, 0.5) is 5.95 Å². The average molecular weight is 328 g/mol. The van der Waals surface area contributed by atoms with Crippen LogP contribution in [0.1, 0.15) is 50.9 Å². The number of nitrogens with zero attached hydrogens (tertiary/aromatic N) is 3. The van der Waals surface area contributed by atoms with E-state index in [0.717, 1.165) is 43.1 Å². The molecule has 2 aliphatic carbocycles. The molecule has 0 aromatic carbocycles. The van der Waals surface area contributed by atoms with Gasteiger partial charge in [0.05, 0.1) is 0 Å². The molecule has 3 unspecified atom stereocenters. The van der Waals surface area contributed by atoms with Crippen molar-refractivity contribution < 1.29 is 4.79 Å². The molecule has 1 N–H and O–H groups in total. The van der Waals surface area contributed by atoms with Crippen LogP contribution in [-0.4, -0.2) is 34.5 Å². The fourth-order valence-electron chi connectivity index (χ4n) is 4.91. The van der Waals surface area contributed by atoms with E-state index < -0.39 is 0 Å². The predicted octanol–water partition coefficient (Wildman–Crippen LogP) is 2.61. The van der Waals surface area contributed by atoms with E-state index in [2.05, 4.69) is 24.1 Å². The summed E-state index contributed by atoms with van der Waals surface area (Å²) in [5, 5.41) is 3.36. The van der Waals surface area contributed by atoms with Crippen molar-refractivity contribution in [2.24, 2.45) is 17.3 Å². The number of amides is 1. The second kappa shape index (κ2) is 5.43. The minimum absolute atomic E-state index is 0.0522. The van der Waals surface area contributed by atoms with E-state index in [1.165, 1.54) is 6.42 Å². The molecule has 0 spiro atoms. The Morgan fingerprint density at radius 2 is 1.88 bits per heavy atom. The lowest BCUT2D eigenvalue weighted by Gasteiger charge is -2.64. The van der Waals surface area contributed by atoms with E-state index in [1.807, 2.05) is 19.9 Å². The van der Waals surface area contributed by atoms with Gasteiger partial charge in [0.2, 0.25) is 11.9 Å². The molecule has 1 amide bonds. The Morgan fingerprint density at radius 1 is 1.21 bits per heavy atom. The molecule has 3 fully saturated rings. The van der Waals surface area contributed by atoms with Gasteiger partial charge in [-0.3, -0.25) is 4.79 Å².